The zero-order chi connectivity index (χ0) is 20.7. The third-order valence-corrected chi connectivity index (χ3v) is 5.37. The van der Waals surface area contributed by atoms with Crippen LogP contribution in [0.25, 0.3) is 0 Å². The van der Waals surface area contributed by atoms with Crippen molar-refractivity contribution in [1.82, 2.24) is 4.72 Å². The van der Waals surface area contributed by atoms with Crippen LogP contribution >= 0.6 is 0 Å². The van der Waals surface area contributed by atoms with Gasteiger partial charge in [-0.3, -0.25) is 4.79 Å². The summed E-state index contributed by atoms with van der Waals surface area (Å²) in [6.07, 6.45) is 0.697. The average Bonchev–Trinajstić information content (AvgIpc) is 2.71. The molecule has 0 heterocycles. The number of carbonyl (C=O) groups excluding carboxylic acids is 1. The molecule has 2 rings (SSSR count). The van der Waals surface area contributed by atoms with E-state index in [4.69, 9.17) is 14.2 Å². The summed E-state index contributed by atoms with van der Waals surface area (Å²) in [5.74, 6) is 0.695. The van der Waals surface area contributed by atoms with Crippen LogP contribution in [0.1, 0.15) is 23.7 Å². The van der Waals surface area contributed by atoms with Crippen molar-refractivity contribution in [1.29, 1.82) is 0 Å². The highest BCUT2D eigenvalue weighted by molar-refractivity contribution is 7.89. The van der Waals surface area contributed by atoms with Crippen LogP contribution in [-0.4, -0.2) is 42.2 Å². The average molecular weight is 408 g/mol. The van der Waals surface area contributed by atoms with Gasteiger partial charge < -0.3 is 19.5 Å². The maximum absolute atomic E-state index is 12.6. The molecule has 2 aromatic carbocycles. The Morgan fingerprint density at radius 2 is 1.54 bits per heavy atom. The number of rotatable bonds is 9. The van der Waals surface area contributed by atoms with Crippen LogP contribution in [0, 0.1) is 0 Å². The van der Waals surface area contributed by atoms with E-state index in [-0.39, 0.29) is 4.90 Å². The molecule has 0 saturated heterocycles. The van der Waals surface area contributed by atoms with Crippen molar-refractivity contribution >= 4 is 21.6 Å². The first kappa shape index (κ1) is 21.5. The Labute approximate surface area is 164 Å². The molecule has 8 nitrogen and oxygen atoms in total. The number of ether oxygens (including phenoxy) is 3. The Morgan fingerprint density at radius 1 is 0.964 bits per heavy atom. The Kier molecular flexibility index (Phi) is 7.24. The van der Waals surface area contributed by atoms with Crippen molar-refractivity contribution < 1.29 is 27.4 Å². The van der Waals surface area contributed by atoms with Crippen molar-refractivity contribution in [3.05, 3.63) is 42.0 Å². The molecule has 2 N–H and O–H groups in total. The van der Waals surface area contributed by atoms with Crippen LogP contribution in [0.2, 0.25) is 0 Å². The highest BCUT2D eigenvalue weighted by Gasteiger charge is 2.18. The van der Waals surface area contributed by atoms with Gasteiger partial charge in [0.05, 0.1) is 26.2 Å². The van der Waals surface area contributed by atoms with Gasteiger partial charge in [0, 0.05) is 17.8 Å². The Hall–Kier alpha value is -2.78. The lowest BCUT2D eigenvalue weighted by Crippen LogP contribution is -2.24. The van der Waals surface area contributed by atoms with Crippen molar-refractivity contribution in [2.24, 2.45) is 0 Å². The van der Waals surface area contributed by atoms with Gasteiger partial charge in [-0.15, -0.1) is 0 Å². The second-order valence-electron chi connectivity index (χ2n) is 5.79. The molecule has 0 atom stereocenters. The van der Waals surface area contributed by atoms with Gasteiger partial charge >= 0.3 is 0 Å². The predicted molar refractivity (Wildman–Crippen MR) is 106 cm³/mol. The van der Waals surface area contributed by atoms with Crippen LogP contribution in [0.4, 0.5) is 5.69 Å². The number of hydrogen-bond acceptors (Lipinski definition) is 6. The van der Waals surface area contributed by atoms with Crippen molar-refractivity contribution in [3.63, 3.8) is 0 Å². The van der Waals surface area contributed by atoms with E-state index >= 15 is 0 Å². The third kappa shape index (κ3) is 4.93. The number of hydrogen-bond donors (Lipinski definition) is 2. The zero-order valence-corrected chi connectivity index (χ0v) is 17.1. The molecule has 9 heteroatoms. The second kappa shape index (κ2) is 9.43. The van der Waals surface area contributed by atoms with E-state index in [1.807, 2.05) is 6.92 Å². The number of sulfonamides is 1. The normalized spacial score (nSPS) is 11.0. The first-order chi connectivity index (χ1) is 13.4. The highest BCUT2D eigenvalue weighted by Crippen LogP contribution is 2.38. The van der Waals surface area contributed by atoms with E-state index in [0.717, 1.165) is 0 Å². The highest BCUT2D eigenvalue weighted by atomic mass is 32.2. The molecule has 0 fully saturated rings. The van der Waals surface area contributed by atoms with E-state index in [1.54, 1.807) is 0 Å². The van der Waals surface area contributed by atoms with Gasteiger partial charge in [-0.25, -0.2) is 13.1 Å². The summed E-state index contributed by atoms with van der Waals surface area (Å²) >= 11 is 0. The minimum Gasteiger partial charge on any atom is -0.493 e. The standard InChI is InChI=1S/C19H24N2O6S/c1-5-10-20-28(23,24)15-8-6-14(7-9-15)21-19(22)13-11-16(25-2)18(27-4)17(12-13)26-3/h6-9,11-12,20H,5,10H2,1-4H3,(H,21,22). The van der Waals surface area contributed by atoms with E-state index in [0.29, 0.717) is 41.5 Å². The number of carbonyl (C=O) groups is 1. The summed E-state index contributed by atoms with van der Waals surface area (Å²) in [6.45, 7) is 2.24. The quantitative estimate of drug-likeness (QED) is 0.661. The molecule has 152 valence electrons. The van der Waals surface area contributed by atoms with Crippen LogP contribution in [0.5, 0.6) is 17.2 Å². The monoisotopic (exact) mass is 408 g/mol. The van der Waals surface area contributed by atoms with E-state index in [9.17, 15) is 13.2 Å². The summed E-state index contributed by atoms with van der Waals surface area (Å²) in [4.78, 5) is 12.7. The number of methoxy groups -OCH3 is 3. The van der Waals surface area contributed by atoms with E-state index in [1.165, 1.54) is 57.7 Å². The lowest BCUT2D eigenvalue weighted by Gasteiger charge is -2.14. The molecule has 1 amide bonds. The first-order valence-electron chi connectivity index (χ1n) is 8.57. The fourth-order valence-corrected chi connectivity index (χ4v) is 3.59. The Morgan fingerprint density at radius 3 is 2.00 bits per heavy atom. The maximum Gasteiger partial charge on any atom is 0.255 e. The molecule has 0 aliphatic carbocycles. The van der Waals surface area contributed by atoms with Gasteiger partial charge in [-0.05, 0) is 42.8 Å². The van der Waals surface area contributed by atoms with E-state index < -0.39 is 15.9 Å². The van der Waals surface area contributed by atoms with Crippen LogP contribution < -0.4 is 24.2 Å². The van der Waals surface area contributed by atoms with Crippen molar-refractivity contribution in [2.45, 2.75) is 18.2 Å². The van der Waals surface area contributed by atoms with Crippen molar-refractivity contribution in [3.8, 4) is 17.2 Å². The summed E-state index contributed by atoms with van der Waals surface area (Å²) in [6, 6.07) is 8.98. The topological polar surface area (TPSA) is 103 Å². The fraction of sp³-hybridized carbons (Fsp3) is 0.316. The number of benzene rings is 2. The largest absolute Gasteiger partial charge is 0.493 e. The summed E-state index contributed by atoms with van der Waals surface area (Å²) in [5.41, 5.74) is 0.754. The van der Waals surface area contributed by atoms with Gasteiger partial charge in [0.25, 0.3) is 5.91 Å². The zero-order valence-electron chi connectivity index (χ0n) is 16.2. The Balaban J connectivity index is 2.21. The van der Waals surface area contributed by atoms with Crippen LogP contribution in [0.3, 0.4) is 0 Å². The molecule has 0 spiro atoms. The molecule has 0 bridgehead atoms. The summed E-state index contributed by atoms with van der Waals surface area (Å²) in [7, 11) is 0.848. The Bertz CT molecular complexity index is 901. The predicted octanol–water partition coefficient (Wildman–Crippen LogP) is 2.65. The SMILES string of the molecule is CCCNS(=O)(=O)c1ccc(NC(=O)c2cc(OC)c(OC)c(OC)c2)cc1. The lowest BCUT2D eigenvalue weighted by atomic mass is 10.1. The minimum absolute atomic E-state index is 0.131. The third-order valence-electron chi connectivity index (χ3n) is 3.89. The van der Waals surface area contributed by atoms with Gasteiger partial charge in [0.1, 0.15) is 0 Å². The van der Waals surface area contributed by atoms with Crippen LogP contribution in [-0.2, 0) is 10.0 Å². The molecule has 0 saturated carbocycles. The minimum atomic E-state index is -3.56. The summed E-state index contributed by atoms with van der Waals surface area (Å²) in [5, 5.41) is 2.71. The number of amides is 1. The second-order valence-corrected chi connectivity index (χ2v) is 7.56. The van der Waals surface area contributed by atoms with Gasteiger partial charge in [-0.2, -0.15) is 0 Å². The van der Waals surface area contributed by atoms with Gasteiger partial charge in [0.2, 0.25) is 15.8 Å². The molecular weight excluding hydrogens is 384 g/mol. The van der Waals surface area contributed by atoms with Gasteiger partial charge in [-0.1, -0.05) is 6.92 Å². The molecular formula is C19H24N2O6S. The van der Waals surface area contributed by atoms with Crippen molar-refractivity contribution in [2.75, 3.05) is 33.2 Å². The van der Waals surface area contributed by atoms with E-state index in [2.05, 4.69) is 10.0 Å². The lowest BCUT2D eigenvalue weighted by molar-refractivity contribution is 0.102. The molecule has 0 aromatic heterocycles. The first-order valence-corrected chi connectivity index (χ1v) is 10.1. The number of anilines is 1. The molecule has 2 aromatic rings. The molecule has 0 unspecified atom stereocenters. The number of nitrogens with one attached hydrogen (secondary N) is 2. The van der Waals surface area contributed by atoms with Gasteiger partial charge in [0.15, 0.2) is 11.5 Å². The summed E-state index contributed by atoms with van der Waals surface area (Å²) < 4.78 is 42.4. The fourth-order valence-electron chi connectivity index (χ4n) is 2.45. The smallest absolute Gasteiger partial charge is 0.255 e. The molecule has 0 aliphatic rings. The maximum atomic E-state index is 12.6. The molecule has 28 heavy (non-hydrogen) atoms. The molecule has 0 radical (unpaired) electrons. The van der Waals surface area contributed by atoms with Crippen LogP contribution in [0.15, 0.2) is 41.3 Å². The molecule has 0 aliphatic heterocycles.